The topological polar surface area (TPSA) is 91.4 Å². The third-order valence-corrected chi connectivity index (χ3v) is 4.42. The van der Waals surface area contributed by atoms with Gasteiger partial charge in [0, 0.05) is 13.0 Å². The molecule has 0 aliphatic carbocycles. The number of rotatable bonds is 15. The molecule has 0 fully saturated rings. The lowest BCUT2D eigenvalue weighted by Gasteiger charge is -2.17. The van der Waals surface area contributed by atoms with Gasteiger partial charge in [-0.25, -0.2) is 0 Å². The SMILES string of the molecule is CCOC(=O)C(CCCOc1cccc(OCCN(C)C)c1C(=O)CC)C(=O)OCC. The van der Waals surface area contributed by atoms with Crippen molar-refractivity contribution >= 4 is 17.7 Å². The molecule has 0 aromatic heterocycles. The Morgan fingerprint density at radius 3 is 1.94 bits per heavy atom. The molecular weight excluding hydrogens is 402 g/mol. The van der Waals surface area contributed by atoms with Gasteiger partial charge < -0.3 is 23.8 Å². The van der Waals surface area contributed by atoms with E-state index in [1.807, 2.05) is 19.0 Å². The largest absolute Gasteiger partial charge is 0.493 e. The second-order valence-electron chi connectivity index (χ2n) is 7.11. The molecule has 174 valence electrons. The number of ether oxygens (including phenoxy) is 4. The number of esters is 2. The number of hydrogen-bond donors (Lipinski definition) is 0. The van der Waals surface area contributed by atoms with Crippen LogP contribution >= 0.6 is 0 Å². The van der Waals surface area contributed by atoms with Crippen LogP contribution in [0.25, 0.3) is 0 Å². The minimum atomic E-state index is -0.985. The number of benzene rings is 1. The van der Waals surface area contributed by atoms with Gasteiger partial charge in [-0.3, -0.25) is 14.4 Å². The zero-order chi connectivity index (χ0) is 23.2. The van der Waals surface area contributed by atoms with Crippen LogP contribution < -0.4 is 9.47 Å². The Bertz CT molecular complexity index is 700. The molecule has 0 aliphatic heterocycles. The van der Waals surface area contributed by atoms with Crippen LogP contribution in [0.4, 0.5) is 0 Å². The first-order chi connectivity index (χ1) is 14.8. The molecule has 0 saturated carbocycles. The fraction of sp³-hybridized carbons (Fsp3) is 0.609. The number of likely N-dealkylation sites (N-methyl/N-ethyl adjacent to an activating group) is 1. The summed E-state index contributed by atoms with van der Waals surface area (Å²) in [6.45, 7) is 6.91. The molecule has 0 atom stereocenters. The normalized spacial score (nSPS) is 10.8. The van der Waals surface area contributed by atoms with Crippen LogP contribution in [0.1, 0.15) is 50.4 Å². The molecule has 0 amide bonds. The Labute approximate surface area is 184 Å². The summed E-state index contributed by atoms with van der Waals surface area (Å²) in [5.41, 5.74) is 0.413. The predicted octanol–water partition coefficient (Wildman–Crippen LogP) is 3.12. The van der Waals surface area contributed by atoms with Crippen molar-refractivity contribution in [2.24, 2.45) is 5.92 Å². The minimum Gasteiger partial charge on any atom is -0.493 e. The van der Waals surface area contributed by atoms with Crippen molar-refractivity contribution in [3.63, 3.8) is 0 Å². The fourth-order valence-corrected chi connectivity index (χ4v) is 2.83. The van der Waals surface area contributed by atoms with Crippen LogP contribution in [0.3, 0.4) is 0 Å². The molecule has 8 nitrogen and oxygen atoms in total. The van der Waals surface area contributed by atoms with Gasteiger partial charge in [-0.05, 0) is 52.9 Å². The number of ketones is 1. The molecule has 31 heavy (non-hydrogen) atoms. The van der Waals surface area contributed by atoms with Gasteiger partial charge in [0.05, 0.1) is 19.8 Å². The van der Waals surface area contributed by atoms with Crippen molar-refractivity contribution in [2.45, 2.75) is 40.0 Å². The first kappa shape index (κ1) is 26.4. The van der Waals surface area contributed by atoms with Crippen LogP contribution in [-0.2, 0) is 19.1 Å². The second-order valence-corrected chi connectivity index (χ2v) is 7.11. The molecule has 8 heteroatoms. The third-order valence-electron chi connectivity index (χ3n) is 4.42. The van der Waals surface area contributed by atoms with E-state index in [4.69, 9.17) is 18.9 Å². The van der Waals surface area contributed by atoms with E-state index < -0.39 is 17.9 Å². The summed E-state index contributed by atoms with van der Waals surface area (Å²) in [5.74, 6) is -1.34. The molecule has 1 aromatic rings. The Hall–Kier alpha value is -2.61. The summed E-state index contributed by atoms with van der Waals surface area (Å²) in [6, 6.07) is 5.24. The lowest BCUT2D eigenvalue weighted by atomic mass is 10.0. The number of nitrogens with zero attached hydrogens (tertiary/aromatic N) is 1. The Balaban J connectivity index is 2.81. The first-order valence-electron chi connectivity index (χ1n) is 10.7. The number of carbonyl (C=O) groups is 3. The molecule has 0 spiro atoms. The average molecular weight is 438 g/mol. The summed E-state index contributed by atoms with van der Waals surface area (Å²) in [5, 5.41) is 0. The molecule has 0 bridgehead atoms. The van der Waals surface area contributed by atoms with Crippen molar-refractivity contribution in [3.8, 4) is 11.5 Å². The molecule has 0 radical (unpaired) electrons. The molecule has 0 aliphatic rings. The predicted molar refractivity (Wildman–Crippen MR) is 117 cm³/mol. The maximum absolute atomic E-state index is 12.5. The van der Waals surface area contributed by atoms with Gasteiger partial charge in [0.1, 0.15) is 23.7 Å². The van der Waals surface area contributed by atoms with Crippen molar-refractivity contribution in [3.05, 3.63) is 23.8 Å². The Kier molecular flexibility index (Phi) is 12.3. The number of carbonyl (C=O) groups excluding carboxylic acids is 3. The second kappa shape index (κ2) is 14.4. The lowest BCUT2D eigenvalue weighted by Crippen LogP contribution is -2.28. The summed E-state index contributed by atoms with van der Waals surface area (Å²) >= 11 is 0. The number of Topliss-reactive ketones (excluding diaryl/α,β-unsaturated/α-hetero) is 1. The van der Waals surface area contributed by atoms with Crippen LogP contribution in [-0.4, -0.2) is 69.7 Å². The number of hydrogen-bond acceptors (Lipinski definition) is 8. The molecular formula is C23H35NO7. The average Bonchev–Trinajstić information content (AvgIpc) is 2.73. The van der Waals surface area contributed by atoms with Gasteiger partial charge in [0.25, 0.3) is 0 Å². The van der Waals surface area contributed by atoms with Gasteiger partial charge in [-0.1, -0.05) is 13.0 Å². The molecule has 1 aromatic carbocycles. The fourth-order valence-electron chi connectivity index (χ4n) is 2.83. The Morgan fingerprint density at radius 1 is 0.903 bits per heavy atom. The quantitative estimate of drug-likeness (QED) is 0.179. The highest BCUT2D eigenvalue weighted by Crippen LogP contribution is 2.30. The van der Waals surface area contributed by atoms with E-state index in [0.29, 0.717) is 43.1 Å². The van der Waals surface area contributed by atoms with E-state index >= 15 is 0 Å². The smallest absolute Gasteiger partial charge is 0.320 e. The first-order valence-corrected chi connectivity index (χ1v) is 10.7. The summed E-state index contributed by atoms with van der Waals surface area (Å²) < 4.78 is 21.6. The molecule has 0 saturated heterocycles. The maximum atomic E-state index is 12.5. The van der Waals surface area contributed by atoms with E-state index in [2.05, 4.69) is 0 Å². The van der Waals surface area contributed by atoms with Gasteiger partial charge in [0.2, 0.25) is 0 Å². The standard InChI is InChI=1S/C23H35NO7/c1-6-18(25)21-19(12-9-13-20(21)31-16-14-24(4)5)30-15-10-11-17(22(26)28-7-2)23(27)29-8-3/h9,12-13,17H,6-8,10-11,14-16H2,1-5H3. The highest BCUT2D eigenvalue weighted by molar-refractivity contribution is 6.01. The van der Waals surface area contributed by atoms with E-state index in [1.54, 1.807) is 39.0 Å². The van der Waals surface area contributed by atoms with E-state index in [-0.39, 0.29) is 32.0 Å². The monoisotopic (exact) mass is 437 g/mol. The summed E-state index contributed by atoms with van der Waals surface area (Å²) in [4.78, 5) is 38.7. The van der Waals surface area contributed by atoms with Crippen molar-refractivity contribution in [2.75, 3.05) is 47.1 Å². The van der Waals surface area contributed by atoms with Crippen LogP contribution in [0.15, 0.2) is 18.2 Å². The van der Waals surface area contributed by atoms with Crippen LogP contribution in [0, 0.1) is 5.92 Å². The zero-order valence-corrected chi connectivity index (χ0v) is 19.3. The Morgan fingerprint density at radius 2 is 1.45 bits per heavy atom. The highest BCUT2D eigenvalue weighted by Gasteiger charge is 2.29. The molecule has 0 N–H and O–H groups in total. The van der Waals surface area contributed by atoms with Crippen molar-refractivity contribution < 1.29 is 33.3 Å². The zero-order valence-electron chi connectivity index (χ0n) is 19.3. The molecule has 0 unspecified atom stereocenters. The van der Waals surface area contributed by atoms with Gasteiger partial charge in [-0.2, -0.15) is 0 Å². The lowest BCUT2D eigenvalue weighted by molar-refractivity contribution is -0.162. The maximum Gasteiger partial charge on any atom is 0.320 e. The summed E-state index contributed by atoms with van der Waals surface area (Å²) in [6.07, 6.45) is 0.958. The van der Waals surface area contributed by atoms with Gasteiger partial charge in [-0.15, -0.1) is 0 Å². The van der Waals surface area contributed by atoms with Gasteiger partial charge >= 0.3 is 11.9 Å². The molecule has 1 rings (SSSR count). The third kappa shape index (κ3) is 8.96. The highest BCUT2D eigenvalue weighted by atomic mass is 16.6. The van der Waals surface area contributed by atoms with Crippen LogP contribution in [0.5, 0.6) is 11.5 Å². The summed E-state index contributed by atoms with van der Waals surface area (Å²) in [7, 11) is 3.89. The van der Waals surface area contributed by atoms with Crippen LogP contribution in [0.2, 0.25) is 0 Å². The van der Waals surface area contributed by atoms with Crippen molar-refractivity contribution in [1.29, 1.82) is 0 Å². The molecule has 0 heterocycles. The van der Waals surface area contributed by atoms with Gasteiger partial charge in [0.15, 0.2) is 11.7 Å². The van der Waals surface area contributed by atoms with E-state index in [9.17, 15) is 14.4 Å². The van der Waals surface area contributed by atoms with E-state index in [1.165, 1.54) is 0 Å². The van der Waals surface area contributed by atoms with Crippen molar-refractivity contribution in [1.82, 2.24) is 4.90 Å². The minimum absolute atomic E-state index is 0.0774. The van der Waals surface area contributed by atoms with E-state index in [0.717, 1.165) is 0 Å².